The van der Waals surface area contributed by atoms with Crippen LogP contribution in [0.5, 0.6) is 11.5 Å². The summed E-state index contributed by atoms with van der Waals surface area (Å²) in [6.07, 6.45) is -0.799. The minimum atomic E-state index is -4.76. The van der Waals surface area contributed by atoms with E-state index < -0.39 is 6.36 Å². The number of carbonyl (C=O) groups is 1. The number of rotatable bonds is 10. The fourth-order valence-electron chi connectivity index (χ4n) is 5.58. The number of nitrogens with zero attached hydrogens (tertiary/aromatic N) is 1. The molecular weight excluding hydrogens is 485 g/mol. The van der Waals surface area contributed by atoms with Gasteiger partial charge in [0.2, 0.25) is 5.91 Å². The Morgan fingerprint density at radius 3 is 2.46 bits per heavy atom. The lowest BCUT2D eigenvalue weighted by molar-refractivity contribution is -0.274. The monoisotopic (exact) mass is 520 g/mol. The van der Waals surface area contributed by atoms with Gasteiger partial charge < -0.3 is 19.5 Å². The summed E-state index contributed by atoms with van der Waals surface area (Å²) < 4.78 is 52.4. The molecule has 2 heterocycles. The summed E-state index contributed by atoms with van der Waals surface area (Å²) in [5.41, 5.74) is 4.16. The number of hydrogen-bond donors (Lipinski definition) is 1. The van der Waals surface area contributed by atoms with E-state index in [4.69, 9.17) is 9.47 Å². The Morgan fingerprint density at radius 2 is 1.78 bits per heavy atom. The molecule has 0 aromatic heterocycles. The summed E-state index contributed by atoms with van der Waals surface area (Å²) >= 11 is 0. The fraction of sp³-hybridized carbons (Fsp3) is 0.536. The Bertz CT molecular complexity index is 1080. The highest BCUT2D eigenvalue weighted by Gasteiger charge is 2.41. The molecule has 2 atom stereocenters. The van der Waals surface area contributed by atoms with Gasteiger partial charge in [-0.3, -0.25) is 9.69 Å². The van der Waals surface area contributed by atoms with E-state index in [1.165, 1.54) is 29.3 Å². The highest BCUT2D eigenvalue weighted by atomic mass is 19.4. The van der Waals surface area contributed by atoms with Crippen LogP contribution in [-0.2, 0) is 22.5 Å². The molecule has 2 unspecified atom stereocenters. The molecule has 202 valence electrons. The molecule has 2 aromatic carbocycles. The molecule has 1 amide bonds. The van der Waals surface area contributed by atoms with Gasteiger partial charge in [-0.1, -0.05) is 18.2 Å². The average molecular weight is 521 g/mol. The minimum Gasteiger partial charge on any atom is -0.491 e. The van der Waals surface area contributed by atoms with Gasteiger partial charge in [-0.15, -0.1) is 13.2 Å². The van der Waals surface area contributed by atoms with E-state index in [2.05, 4.69) is 34.9 Å². The molecule has 9 heteroatoms. The van der Waals surface area contributed by atoms with Gasteiger partial charge in [0.05, 0.1) is 13.0 Å². The van der Waals surface area contributed by atoms with Crippen LogP contribution in [0, 0.1) is 13.8 Å². The van der Waals surface area contributed by atoms with Gasteiger partial charge in [-0.2, -0.15) is 0 Å². The molecule has 2 bridgehead atoms. The van der Waals surface area contributed by atoms with Gasteiger partial charge in [0.25, 0.3) is 0 Å². The summed E-state index contributed by atoms with van der Waals surface area (Å²) in [7, 11) is 1.66. The molecular formula is C28H35F3N2O4. The van der Waals surface area contributed by atoms with Crippen molar-refractivity contribution in [2.24, 2.45) is 0 Å². The van der Waals surface area contributed by atoms with Crippen LogP contribution in [0.3, 0.4) is 0 Å². The molecule has 2 aromatic rings. The highest BCUT2D eigenvalue weighted by Crippen LogP contribution is 2.38. The Hall–Kier alpha value is -2.78. The molecule has 4 rings (SSSR count). The number of nitrogens with one attached hydrogen (secondary N) is 1. The van der Waals surface area contributed by atoms with Crippen molar-refractivity contribution < 1.29 is 32.2 Å². The van der Waals surface area contributed by atoms with Crippen molar-refractivity contribution in [2.75, 3.05) is 20.3 Å². The topological polar surface area (TPSA) is 60.0 Å². The zero-order chi connectivity index (χ0) is 26.6. The van der Waals surface area contributed by atoms with E-state index in [0.717, 1.165) is 43.5 Å². The van der Waals surface area contributed by atoms with Crippen LogP contribution in [0.4, 0.5) is 13.2 Å². The molecule has 2 saturated heterocycles. The maximum Gasteiger partial charge on any atom is 0.573 e. The standard InChI is InChI=1S/C28H35F3N2O4/c1-18-19(2)26(36-12-11-35-3)10-7-21(18)17-33-23-8-9-24(33)16-22(15-23)32-27(34)14-20-5-4-6-25(13-20)37-28(29,30)31/h4-7,10,13,22-24H,8-9,11-12,14-17H2,1-3H3,(H,32,34). The van der Waals surface area contributed by atoms with Crippen LogP contribution in [0.1, 0.15) is 47.9 Å². The maximum absolute atomic E-state index is 12.7. The SMILES string of the molecule is COCCOc1ccc(CN2C3CCC2CC(NC(=O)Cc2cccc(OC(F)(F)F)c2)C3)c(C)c1C. The number of hydrogen-bond acceptors (Lipinski definition) is 5. The lowest BCUT2D eigenvalue weighted by Gasteiger charge is -2.39. The number of amides is 1. The van der Waals surface area contributed by atoms with Crippen molar-refractivity contribution in [1.82, 2.24) is 10.2 Å². The third-order valence-corrected chi connectivity index (χ3v) is 7.49. The smallest absolute Gasteiger partial charge is 0.491 e. The Balaban J connectivity index is 1.32. The average Bonchev–Trinajstić information content (AvgIpc) is 3.04. The summed E-state index contributed by atoms with van der Waals surface area (Å²) in [6, 6.07) is 10.6. The first-order chi connectivity index (χ1) is 17.6. The van der Waals surface area contributed by atoms with Gasteiger partial charge >= 0.3 is 6.36 Å². The summed E-state index contributed by atoms with van der Waals surface area (Å²) in [4.78, 5) is 15.2. The number of alkyl halides is 3. The molecule has 0 radical (unpaired) electrons. The zero-order valence-corrected chi connectivity index (χ0v) is 21.6. The predicted octanol–water partition coefficient (Wildman–Crippen LogP) is 5.08. The van der Waals surface area contributed by atoms with Crippen LogP contribution in [0.15, 0.2) is 36.4 Å². The van der Waals surface area contributed by atoms with Crippen LogP contribution in [-0.4, -0.2) is 55.6 Å². The molecule has 2 fully saturated rings. The van der Waals surface area contributed by atoms with Crippen molar-refractivity contribution in [2.45, 2.75) is 77.0 Å². The molecule has 2 aliphatic heterocycles. The zero-order valence-electron chi connectivity index (χ0n) is 21.6. The first-order valence-corrected chi connectivity index (χ1v) is 12.7. The van der Waals surface area contributed by atoms with Crippen LogP contribution in [0.2, 0.25) is 0 Å². The van der Waals surface area contributed by atoms with Gasteiger partial charge in [0, 0.05) is 31.8 Å². The normalized spacial score (nSPS) is 21.6. The largest absolute Gasteiger partial charge is 0.573 e. The lowest BCUT2D eigenvalue weighted by atomic mass is 9.95. The quantitative estimate of drug-likeness (QED) is 0.443. The minimum absolute atomic E-state index is 0.0158. The summed E-state index contributed by atoms with van der Waals surface area (Å²) in [5, 5.41) is 3.12. The second-order valence-electron chi connectivity index (χ2n) is 9.98. The van der Waals surface area contributed by atoms with Gasteiger partial charge in [-0.05, 0) is 80.0 Å². The van der Waals surface area contributed by atoms with E-state index in [0.29, 0.717) is 30.9 Å². The second kappa shape index (κ2) is 11.7. The number of halogens is 3. The van der Waals surface area contributed by atoms with Crippen LogP contribution in [0.25, 0.3) is 0 Å². The summed E-state index contributed by atoms with van der Waals surface area (Å²) in [6.45, 7) is 6.16. The third-order valence-electron chi connectivity index (χ3n) is 7.49. The molecule has 0 aliphatic carbocycles. The Morgan fingerprint density at radius 1 is 1.05 bits per heavy atom. The van der Waals surface area contributed by atoms with Crippen LogP contribution < -0.4 is 14.8 Å². The number of carbonyl (C=O) groups excluding carboxylic acids is 1. The first kappa shape index (κ1) is 27.3. The first-order valence-electron chi connectivity index (χ1n) is 12.7. The van der Waals surface area contributed by atoms with E-state index in [-0.39, 0.29) is 24.1 Å². The third kappa shape index (κ3) is 7.17. The van der Waals surface area contributed by atoms with E-state index in [1.54, 1.807) is 13.2 Å². The van der Waals surface area contributed by atoms with Crippen molar-refractivity contribution in [3.63, 3.8) is 0 Å². The van der Waals surface area contributed by atoms with Crippen molar-refractivity contribution in [3.05, 3.63) is 58.7 Å². The van der Waals surface area contributed by atoms with Gasteiger partial charge in [0.15, 0.2) is 0 Å². The molecule has 2 aliphatic rings. The Labute approximate surface area is 216 Å². The molecule has 37 heavy (non-hydrogen) atoms. The molecule has 6 nitrogen and oxygen atoms in total. The number of methoxy groups -OCH3 is 1. The van der Waals surface area contributed by atoms with E-state index in [9.17, 15) is 18.0 Å². The van der Waals surface area contributed by atoms with Gasteiger partial charge in [0.1, 0.15) is 18.1 Å². The molecule has 0 saturated carbocycles. The van der Waals surface area contributed by atoms with Crippen LogP contribution >= 0.6 is 0 Å². The number of fused-ring (bicyclic) bond motifs is 2. The molecule has 1 N–H and O–H groups in total. The van der Waals surface area contributed by atoms with E-state index >= 15 is 0 Å². The van der Waals surface area contributed by atoms with Crippen molar-refractivity contribution in [3.8, 4) is 11.5 Å². The fourth-order valence-corrected chi connectivity index (χ4v) is 5.58. The van der Waals surface area contributed by atoms with E-state index in [1.807, 2.05) is 6.07 Å². The second-order valence-corrected chi connectivity index (χ2v) is 9.98. The number of ether oxygens (including phenoxy) is 3. The number of piperidine rings is 1. The maximum atomic E-state index is 12.7. The van der Waals surface area contributed by atoms with Gasteiger partial charge in [-0.25, -0.2) is 0 Å². The predicted molar refractivity (Wildman–Crippen MR) is 134 cm³/mol. The lowest BCUT2D eigenvalue weighted by Crippen LogP contribution is -2.50. The molecule has 0 spiro atoms. The summed E-state index contributed by atoms with van der Waals surface area (Å²) in [5.74, 6) is 0.389. The highest BCUT2D eigenvalue weighted by molar-refractivity contribution is 5.79. The Kier molecular flexibility index (Phi) is 8.64. The van der Waals surface area contributed by atoms with Crippen molar-refractivity contribution in [1.29, 1.82) is 0 Å². The van der Waals surface area contributed by atoms with Crippen molar-refractivity contribution >= 4 is 5.91 Å². The number of benzene rings is 2.